The lowest BCUT2D eigenvalue weighted by molar-refractivity contribution is -0.147. The molecule has 1 heterocycles. The Labute approximate surface area is 161 Å². The summed E-state index contributed by atoms with van der Waals surface area (Å²) in [5.41, 5.74) is 1.27. The number of fused-ring (bicyclic) bond motifs is 1. The third kappa shape index (κ3) is 5.00. The van der Waals surface area contributed by atoms with Crippen molar-refractivity contribution in [2.45, 2.75) is 13.0 Å². The molecule has 1 aliphatic rings. The molecule has 1 aliphatic heterocycles. The monoisotopic (exact) mass is 384 g/mol. The summed E-state index contributed by atoms with van der Waals surface area (Å²) in [4.78, 5) is 35.6. The van der Waals surface area contributed by atoms with Crippen LogP contribution in [0.2, 0.25) is 0 Å². The fourth-order valence-electron chi connectivity index (χ4n) is 2.59. The fourth-order valence-corrected chi connectivity index (χ4v) is 2.59. The van der Waals surface area contributed by atoms with Gasteiger partial charge in [-0.3, -0.25) is 14.4 Å². The van der Waals surface area contributed by atoms with Gasteiger partial charge in [-0.05, 0) is 36.8 Å². The minimum atomic E-state index is -0.699. The first kappa shape index (κ1) is 19.2. The van der Waals surface area contributed by atoms with Crippen molar-refractivity contribution in [1.82, 2.24) is 10.6 Å². The Hall–Kier alpha value is -3.55. The second kappa shape index (κ2) is 8.90. The highest BCUT2D eigenvalue weighted by molar-refractivity contribution is 5.96. The van der Waals surface area contributed by atoms with Crippen LogP contribution in [0.4, 0.5) is 0 Å². The molecule has 0 spiro atoms. The molecule has 2 amide bonds. The van der Waals surface area contributed by atoms with Crippen molar-refractivity contribution in [2.24, 2.45) is 0 Å². The lowest BCUT2D eigenvalue weighted by Crippen LogP contribution is -2.34. The molecule has 0 saturated carbocycles. The number of hydrogen-bond acceptors (Lipinski definition) is 6. The van der Waals surface area contributed by atoms with E-state index >= 15 is 0 Å². The van der Waals surface area contributed by atoms with Gasteiger partial charge >= 0.3 is 5.97 Å². The first-order valence-electron chi connectivity index (χ1n) is 8.70. The van der Waals surface area contributed by atoms with Crippen LogP contribution in [-0.4, -0.2) is 37.7 Å². The molecule has 2 aromatic rings. The van der Waals surface area contributed by atoms with Gasteiger partial charge in [-0.1, -0.05) is 24.3 Å². The summed E-state index contributed by atoms with van der Waals surface area (Å²) in [6.07, 6.45) is 0. The molecule has 0 aromatic heterocycles. The SMILES string of the molecule is C[C@H](NC(=O)COC(=O)CNC(=O)c1ccccc1)c1ccc2c(c1)OCO2. The van der Waals surface area contributed by atoms with E-state index in [9.17, 15) is 14.4 Å². The van der Waals surface area contributed by atoms with Gasteiger partial charge in [0.05, 0.1) is 6.04 Å². The summed E-state index contributed by atoms with van der Waals surface area (Å²) in [6.45, 7) is 1.22. The standard InChI is InChI=1S/C20H20N2O6/c1-13(15-7-8-16-17(9-15)28-12-27-16)22-18(23)11-26-19(24)10-21-20(25)14-5-3-2-4-6-14/h2-9,13H,10-12H2,1H3,(H,21,25)(H,22,23)/t13-/m0/s1. The Morgan fingerprint density at radius 2 is 1.82 bits per heavy atom. The highest BCUT2D eigenvalue weighted by atomic mass is 16.7. The summed E-state index contributed by atoms with van der Waals surface area (Å²) in [7, 11) is 0. The summed E-state index contributed by atoms with van der Waals surface area (Å²) in [5.74, 6) is -0.255. The maximum absolute atomic E-state index is 12.0. The lowest BCUT2D eigenvalue weighted by atomic mass is 10.1. The van der Waals surface area contributed by atoms with E-state index in [4.69, 9.17) is 14.2 Å². The van der Waals surface area contributed by atoms with Gasteiger partial charge < -0.3 is 24.8 Å². The van der Waals surface area contributed by atoms with Crippen molar-refractivity contribution in [3.8, 4) is 11.5 Å². The van der Waals surface area contributed by atoms with E-state index in [2.05, 4.69) is 10.6 Å². The number of ether oxygens (including phenoxy) is 3. The normalized spacial score (nSPS) is 12.8. The van der Waals surface area contributed by atoms with Crippen LogP contribution in [0.3, 0.4) is 0 Å². The Morgan fingerprint density at radius 3 is 2.61 bits per heavy atom. The van der Waals surface area contributed by atoms with Gasteiger partial charge in [0.15, 0.2) is 18.1 Å². The molecule has 28 heavy (non-hydrogen) atoms. The molecule has 2 N–H and O–H groups in total. The van der Waals surface area contributed by atoms with E-state index in [0.29, 0.717) is 17.1 Å². The average Bonchev–Trinajstić information content (AvgIpc) is 3.19. The van der Waals surface area contributed by atoms with Crippen LogP contribution in [0.1, 0.15) is 28.9 Å². The third-order valence-electron chi connectivity index (χ3n) is 4.07. The van der Waals surface area contributed by atoms with Crippen LogP contribution in [0.25, 0.3) is 0 Å². The van der Waals surface area contributed by atoms with E-state index in [-0.39, 0.29) is 19.4 Å². The summed E-state index contributed by atoms with van der Waals surface area (Å²) >= 11 is 0. The van der Waals surface area contributed by atoms with Crippen molar-refractivity contribution in [3.05, 3.63) is 59.7 Å². The molecular weight excluding hydrogens is 364 g/mol. The van der Waals surface area contributed by atoms with Crippen LogP contribution in [-0.2, 0) is 14.3 Å². The summed E-state index contributed by atoms with van der Waals surface area (Å²) in [5, 5.41) is 5.18. The van der Waals surface area contributed by atoms with E-state index in [1.54, 1.807) is 49.4 Å². The molecule has 0 radical (unpaired) electrons. The fraction of sp³-hybridized carbons (Fsp3) is 0.250. The van der Waals surface area contributed by atoms with Gasteiger partial charge in [-0.15, -0.1) is 0 Å². The zero-order chi connectivity index (χ0) is 19.9. The van der Waals surface area contributed by atoms with Crippen LogP contribution >= 0.6 is 0 Å². The Kier molecular flexibility index (Phi) is 6.11. The first-order valence-corrected chi connectivity index (χ1v) is 8.70. The maximum Gasteiger partial charge on any atom is 0.325 e. The Morgan fingerprint density at radius 1 is 1.07 bits per heavy atom. The second-order valence-electron chi connectivity index (χ2n) is 6.11. The van der Waals surface area contributed by atoms with Gasteiger partial charge in [0.1, 0.15) is 6.54 Å². The molecule has 0 aliphatic carbocycles. The van der Waals surface area contributed by atoms with E-state index < -0.39 is 24.4 Å². The zero-order valence-electron chi connectivity index (χ0n) is 15.3. The molecule has 0 unspecified atom stereocenters. The molecule has 8 nitrogen and oxygen atoms in total. The summed E-state index contributed by atoms with van der Waals surface area (Å²) in [6, 6.07) is 13.6. The predicted molar refractivity (Wildman–Crippen MR) is 98.9 cm³/mol. The highest BCUT2D eigenvalue weighted by Crippen LogP contribution is 2.34. The van der Waals surface area contributed by atoms with Crippen molar-refractivity contribution in [2.75, 3.05) is 19.9 Å². The first-order chi connectivity index (χ1) is 13.5. The van der Waals surface area contributed by atoms with Crippen LogP contribution in [0, 0.1) is 0 Å². The van der Waals surface area contributed by atoms with E-state index in [1.165, 1.54) is 0 Å². The van der Waals surface area contributed by atoms with E-state index in [1.807, 2.05) is 6.07 Å². The van der Waals surface area contributed by atoms with Crippen LogP contribution in [0.5, 0.6) is 11.5 Å². The molecular formula is C20H20N2O6. The van der Waals surface area contributed by atoms with Crippen molar-refractivity contribution in [1.29, 1.82) is 0 Å². The minimum absolute atomic E-state index is 0.177. The molecule has 2 aromatic carbocycles. The maximum atomic E-state index is 12.0. The molecule has 146 valence electrons. The average molecular weight is 384 g/mol. The number of esters is 1. The Balaban J connectivity index is 1.40. The number of carbonyl (C=O) groups excluding carboxylic acids is 3. The number of amides is 2. The number of hydrogen-bond donors (Lipinski definition) is 2. The van der Waals surface area contributed by atoms with Crippen LogP contribution in [0.15, 0.2) is 48.5 Å². The molecule has 0 bridgehead atoms. The molecule has 0 fully saturated rings. The number of rotatable bonds is 7. The highest BCUT2D eigenvalue weighted by Gasteiger charge is 2.17. The van der Waals surface area contributed by atoms with Gasteiger partial charge in [0.25, 0.3) is 11.8 Å². The van der Waals surface area contributed by atoms with Crippen molar-refractivity contribution >= 4 is 17.8 Å². The minimum Gasteiger partial charge on any atom is -0.454 e. The quantitative estimate of drug-likeness (QED) is 0.703. The zero-order valence-corrected chi connectivity index (χ0v) is 15.3. The molecule has 8 heteroatoms. The largest absolute Gasteiger partial charge is 0.454 e. The van der Waals surface area contributed by atoms with Crippen LogP contribution < -0.4 is 20.1 Å². The molecule has 0 saturated heterocycles. The summed E-state index contributed by atoms with van der Waals surface area (Å²) < 4.78 is 15.5. The van der Waals surface area contributed by atoms with Gasteiger partial charge in [0.2, 0.25) is 6.79 Å². The van der Waals surface area contributed by atoms with Gasteiger partial charge in [0, 0.05) is 5.56 Å². The smallest absolute Gasteiger partial charge is 0.325 e. The van der Waals surface area contributed by atoms with Gasteiger partial charge in [-0.2, -0.15) is 0 Å². The molecule has 1 atom stereocenters. The second-order valence-corrected chi connectivity index (χ2v) is 6.11. The number of nitrogens with one attached hydrogen (secondary N) is 2. The number of carbonyl (C=O) groups is 3. The van der Waals surface area contributed by atoms with Crippen molar-refractivity contribution < 1.29 is 28.6 Å². The van der Waals surface area contributed by atoms with Crippen molar-refractivity contribution in [3.63, 3.8) is 0 Å². The van der Waals surface area contributed by atoms with E-state index in [0.717, 1.165) is 5.56 Å². The Bertz CT molecular complexity index is 868. The predicted octanol–water partition coefficient (Wildman–Crippen LogP) is 1.57. The lowest BCUT2D eigenvalue weighted by Gasteiger charge is -2.15. The molecule has 3 rings (SSSR count). The topological polar surface area (TPSA) is 103 Å². The third-order valence-corrected chi connectivity index (χ3v) is 4.07. The number of benzene rings is 2. The van der Waals surface area contributed by atoms with Gasteiger partial charge in [-0.25, -0.2) is 0 Å².